The molecular formula is C12H16INOS2. The van der Waals surface area contributed by atoms with Gasteiger partial charge in [-0.3, -0.25) is 4.79 Å². The van der Waals surface area contributed by atoms with Crippen LogP contribution >= 0.6 is 24.8 Å². The Balaban J connectivity index is 0.00000256. The molecule has 0 saturated carbocycles. The topological polar surface area (TPSA) is 20.1 Å². The van der Waals surface area contributed by atoms with Crippen molar-refractivity contribution in [2.75, 3.05) is 7.05 Å². The highest BCUT2D eigenvalue weighted by molar-refractivity contribution is 7.90. The molecule has 0 aromatic heterocycles. The van der Waals surface area contributed by atoms with Gasteiger partial charge in [-0.15, -0.1) is 12.6 Å². The molecule has 0 aromatic rings. The van der Waals surface area contributed by atoms with Gasteiger partial charge in [0.1, 0.15) is 18.2 Å². The van der Waals surface area contributed by atoms with Crippen LogP contribution in [0.3, 0.4) is 0 Å². The molecule has 0 aromatic carbocycles. The van der Waals surface area contributed by atoms with Crippen molar-refractivity contribution < 1.29 is 33.3 Å². The lowest BCUT2D eigenvalue weighted by Gasteiger charge is -2.18. The molecule has 0 radical (unpaired) electrons. The lowest BCUT2D eigenvalue weighted by atomic mass is 9.99. The Morgan fingerprint density at radius 1 is 1.35 bits per heavy atom. The van der Waals surface area contributed by atoms with E-state index in [0.717, 1.165) is 29.7 Å². The van der Waals surface area contributed by atoms with Gasteiger partial charge in [-0.2, -0.15) is 4.58 Å². The maximum absolute atomic E-state index is 10.6. The van der Waals surface area contributed by atoms with Crippen LogP contribution in [0.5, 0.6) is 0 Å². The number of thiocarbonyl (C=S) groups is 1. The normalized spacial score (nSPS) is 18.6. The summed E-state index contributed by atoms with van der Waals surface area (Å²) in [5.41, 5.74) is 3.14. The fourth-order valence-electron chi connectivity index (χ4n) is 1.97. The van der Waals surface area contributed by atoms with Crippen LogP contribution < -0.4 is 24.0 Å². The van der Waals surface area contributed by atoms with Gasteiger partial charge in [0, 0.05) is 16.9 Å². The first-order valence-corrected chi connectivity index (χ1v) is 6.16. The van der Waals surface area contributed by atoms with E-state index >= 15 is 0 Å². The van der Waals surface area contributed by atoms with Crippen LogP contribution in [0.1, 0.15) is 26.7 Å². The minimum Gasteiger partial charge on any atom is -1.00 e. The summed E-state index contributed by atoms with van der Waals surface area (Å²) in [4.78, 5) is 12.1. The summed E-state index contributed by atoms with van der Waals surface area (Å²) in [5.74, 6) is 0. The molecule has 0 amide bonds. The van der Waals surface area contributed by atoms with Gasteiger partial charge in [-0.1, -0.05) is 26.1 Å². The SMILES string of the molecule is CCC1=C(S)C(=S)/C(=C\C=O)[N+](C)=C1CC.[I-]. The molecule has 0 spiro atoms. The average Bonchev–Trinajstić information content (AvgIpc) is 2.29. The highest BCUT2D eigenvalue weighted by Crippen LogP contribution is 2.26. The van der Waals surface area contributed by atoms with Gasteiger partial charge in [-0.05, 0) is 6.42 Å². The van der Waals surface area contributed by atoms with Crippen LogP contribution in [-0.2, 0) is 4.79 Å². The van der Waals surface area contributed by atoms with E-state index in [0.29, 0.717) is 4.86 Å². The van der Waals surface area contributed by atoms with Crippen LogP contribution in [0.2, 0.25) is 0 Å². The van der Waals surface area contributed by atoms with Crippen LogP contribution in [0.25, 0.3) is 0 Å². The molecule has 17 heavy (non-hydrogen) atoms. The molecule has 2 nitrogen and oxygen atoms in total. The van der Waals surface area contributed by atoms with Crippen molar-refractivity contribution in [1.82, 2.24) is 0 Å². The number of rotatable bonds is 3. The monoisotopic (exact) mass is 381 g/mol. The van der Waals surface area contributed by atoms with Gasteiger partial charge in [0.15, 0.2) is 5.71 Å². The third-order valence-corrected chi connectivity index (χ3v) is 3.82. The first kappa shape index (κ1) is 17.0. The fourth-order valence-corrected chi connectivity index (χ4v) is 2.70. The second-order valence-corrected chi connectivity index (χ2v) is 4.41. The number of hydrogen-bond donors (Lipinski definition) is 1. The molecule has 1 heterocycles. The van der Waals surface area contributed by atoms with E-state index in [2.05, 4.69) is 26.5 Å². The summed E-state index contributed by atoms with van der Waals surface area (Å²) in [5, 5.41) is 0. The quantitative estimate of drug-likeness (QED) is 0.178. The summed E-state index contributed by atoms with van der Waals surface area (Å²) >= 11 is 9.79. The predicted octanol–water partition coefficient (Wildman–Crippen LogP) is -0.456. The number of hydrogen-bond acceptors (Lipinski definition) is 3. The molecule has 0 fully saturated rings. The number of halogens is 1. The second-order valence-electron chi connectivity index (χ2n) is 3.56. The maximum Gasteiger partial charge on any atom is 0.227 e. The first-order valence-electron chi connectivity index (χ1n) is 5.30. The number of carbonyl (C=O) groups is 1. The zero-order chi connectivity index (χ0) is 12.3. The Bertz CT molecular complexity index is 436. The predicted molar refractivity (Wildman–Crippen MR) is 74.5 cm³/mol. The fraction of sp³-hybridized carbons (Fsp3) is 0.417. The van der Waals surface area contributed by atoms with E-state index in [1.807, 2.05) is 11.6 Å². The summed E-state index contributed by atoms with van der Waals surface area (Å²) < 4.78 is 2.00. The zero-order valence-corrected chi connectivity index (χ0v) is 14.0. The number of allylic oxidation sites excluding steroid dienone is 3. The van der Waals surface area contributed by atoms with Crippen molar-refractivity contribution in [3.63, 3.8) is 0 Å². The van der Waals surface area contributed by atoms with E-state index in [1.165, 1.54) is 17.4 Å². The van der Waals surface area contributed by atoms with Crippen molar-refractivity contribution in [2.24, 2.45) is 0 Å². The molecular weight excluding hydrogens is 365 g/mol. The number of aldehydes is 1. The maximum atomic E-state index is 10.6. The molecule has 1 aliphatic rings. The van der Waals surface area contributed by atoms with Crippen molar-refractivity contribution in [3.05, 3.63) is 22.3 Å². The Hall–Kier alpha value is -0.0100. The number of nitrogens with zero attached hydrogens (tertiary/aromatic N) is 1. The number of thiol groups is 1. The smallest absolute Gasteiger partial charge is 0.227 e. The molecule has 0 atom stereocenters. The molecule has 0 N–H and O–H groups in total. The summed E-state index contributed by atoms with van der Waals surface area (Å²) in [6, 6.07) is 0. The van der Waals surface area contributed by atoms with Crippen LogP contribution in [-0.4, -0.2) is 28.5 Å². The van der Waals surface area contributed by atoms with Gasteiger partial charge in [-0.25, -0.2) is 0 Å². The Morgan fingerprint density at radius 3 is 2.35 bits per heavy atom. The van der Waals surface area contributed by atoms with Gasteiger partial charge in [0.2, 0.25) is 5.70 Å². The molecule has 5 heteroatoms. The Labute approximate surface area is 130 Å². The summed E-state index contributed by atoms with van der Waals surface area (Å²) in [6.45, 7) is 4.18. The van der Waals surface area contributed by atoms with Crippen molar-refractivity contribution in [1.29, 1.82) is 0 Å². The third-order valence-electron chi connectivity index (χ3n) is 2.76. The highest BCUT2D eigenvalue weighted by Gasteiger charge is 2.30. The molecule has 0 bridgehead atoms. The molecule has 1 aliphatic heterocycles. The standard InChI is InChI=1S/C12H15NOS2.HI/c1-4-8-9(5-2)13(3)10(6-7-14)12(16)11(8)15;/h6-7H,4-5H2,1-3H3;1H/b10-6+;. The molecule has 1 rings (SSSR count). The minimum absolute atomic E-state index is 0. The van der Waals surface area contributed by atoms with E-state index < -0.39 is 0 Å². The molecule has 0 unspecified atom stereocenters. The second kappa shape index (κ2) is 7.43. The molecule has 0 aliphatic carbocycles. The summed E-state index contributed by atoms with van der Waals surface area (Å²) in [7, 11) is 1.94. The molecule has 0 saturated heterocycles. The van der Waals surface area contributed by atoms with E-state index in [-0.39, 0.29) is 24.0 Å². The largest absolute Gasteiger partial charge is 1.00 e. The van der Waals surface area contributed by atoms with Crippen molar-refractivity contribution >= 4 is 41.7 Å². The lowest BCUT2D eigenvalue weighted by molar-refractivity contribution is -0.435. The van der Waals surface area contributed by atoms with Gasteiger partial charge >= 0.3 is 0 Å². The highest BCUT2D eigenvalue weighted by atomic mass is 127. The summed E-state index contributed by atoms with van der Waals surface area (Å²) in [6.07, 6.45) is 4.08. The molecule has 94 valence electrons. The average molecular weight is 381 g/mol. The van der Waals surface area contributed by atoms with Gasteiger partial charge in [0.25, 0.3) is 0 Å². The number of carbonyl (C=O) groups excluding carboxylic acids is 1. The first-order chi connectivity index (χ1) is 7.58. The van der Waals surface area contributed by atoms with Gasteiger partial charge < -0.3 is 24.0 Å². The van der Waals surface area contributed by atoms with Crippen LogP contribution in [0.4, 0.5) is 0 Å². The van der Waals surface area contributed by atoms with E-state index in [9.17, 15) is 4.79 Å². The third kappa shape index (κ3) is 3.26. The minimum atomic E-state index is 0. The van der Waals surface area contributed by atoms with Gasteiger partial charge in [0.05, 0.1) is 6.08 Å². The van der Waals surface area contributed by atoms with Crippen LogP contribution in [0.15, 0.2) is 22.3 Å². The lowest BCUT2D eigenvalue weighted by Crippen LogP contribution is -3.00. The zero-order valence-electron chi connectivity index (χ0n) is 10.2. The van der Waals surface area contributed by atoms with Crippen molar-refractivity contribution in [2.45, 2.75) is 26.7 Å². The van der Waals surface area contributed by atoms with Crippen LogP contribution in [0, 0.1) is 0 Å². The Kier molecular flexibility index (Phi) is 7.43. The van der Waals surface area contributed by atoms with Crippen molar-refractivity contribution in [3.8, 4) is 0 Å². The Morgan fingerprint density at radius 2 is 1.94 bits per heavy atom. The van der Waals surface area contributed by atoms with E-state index in [4.69, 9.17) is 12.2 Å². The van der Waals surface area contributed by atoms with E-state index in [1.54, 1.807) is 0 Å².